The number of nitrogens with one attached hydrogen (secondary N) is 1. The van der Waals surface area contributed by atoms with E-state index in [9.17, 15) is 0 Å². The zero-order valence-electron chi connectivity index (χ0n) is 11.1. The molecular weight excluding hydrogens is 224 g/mol. The molecule has 1 N–H and O–H groups in total. The monoisotopic (exact) mass is 244 g/mol. The van der Waals surface area contributed by atoms with E-state index < -0.39 is 0 Å². The van der Waals surface area contributed by atoms with Crippen molar-refractivity contribution in [3.05, 3.63) is 23.8 Å². The van der Waals surface area contributed by atoms with Crippen molar-refractivity contribution in [2.24, 2.45) is 5.92 Å². The van der Waals surface area contributed by atoms with Gasteiger partial charge < -0.3 is 10.1 Å². The predicted molar refractivity (Wildman–Crippen MR) is 72.8 cm³/mol. The fourth-order valence-electron chi connectivity index (χ4n) is 2.61. The molecule has 1 aliphatic rings. The lowest BCUT2D eigenvalue weighted by Gasteiger charge is -2.30. The van der Waals surface area contributed by atoms with Gasteiger partial charge in [0.05, 0.1) is 24.4 Å². The average molecular weight is 244 g/mol. The summed E-state index contributed by atoms with van der Waals surface area (Å²) in [4.78, 5) is 0. The highest BCUT2D eigenvalue weighted by Gasteiger charge is 2.21. The summed E-state index contributed by atoms with van der Waals surface area (Å²) in [5.74, 6) is 1.45. The van der Waals surface area contributed by atoms with Gasteiger partial charge in [-0.15, -0.1) is 0 Å². The number of nitriles is 1. The molecule has 0 aromatic heterocycles. The van der Waals surface area contributed by atoms with Gasteiger partial charge in [0.2, 0.25) is 0 Å². The first-order valence-corrected chi connectivity index (χ1v) is 6.59. The number of hydrogen-bond acceptors (Lipinski definition) is 3. The fourth-order valence-corrected chi connectivity index (χ4v) is 2.61. The van der Waals surface area contributed by atoms with Crippen LogP contribution >= 0.6 is 0 Å². The molecule has 0 spiro atoms. The maximum atomic E-state index is 8.89. The van der Waals surface area contributed by atoms with Crippen molar-refractivity contribution in [2.45, 2.75) is 38.6 Å². The molecular formula is C15H20N2O. The van der Waals surface area contributed by atoms with E-state index in [1.165, 1.54) is 25.7 Å². The minimum Gasteiger partial charge on any atom is -0.495 e. The molecule has 0 radical (unpaired) electrons. The lowest BCUT2D eigenvalue weighted by Crippen LogP contribution is -2.30. The second-order valence-electron chi connectivity index (χ2n) is 5.04. The molecule has 1 saturated carbocycles. The third-order valence-corrected chi connectivity index (χ3v) is 3.78. The summed E-state index contributed by atoms with van der Waals surface area (Å²) in [7, 11) is 1.64. The second kappa shape index (κ2) is 5.77. The van der Waals surface area contributed by atoms with E-state index in [4.69, 9.17) is 10.00 Å². The third-order valence-electron chi connectivity index (χ3n) is 3.78. The van der Waals surface area contributed by atoms with Crippen LogP contribution < -0.4 is 10.1 Å². The zero-order chi connectivity index (χ0) is 13.0. The Labute approximate surface area is 109 Å². The molecule has 0 amide bonds. The van der Waals surface area contributed by atoms with Gasteiger partial charge in [0.15, 0.2) is 0 Å². The number of anilines is 1. The SMILES string of the molecule is COc1cc(C#N)ccc1NC1CCCCC1C. The fraction of sp³-hybridized carbons (Fsp3) is 0.533. The average Bonchev–Trinajstić information content (AvgIpc) is 2.41. The number of nitrogens with zero attached hydrogens (tertiary/aromatic N) is 1. The molecule has 0 aliphatic heterocycles. The summed E-state index contributed by atoms with van der Waals surface area (Å²) in [6.45, 7) is 2.30. The molecule has 96 valence electrons. The topological polar surface area (TPSA) is 45.0 Å². The van der Waals surface area contributed by atoms with Gasteiger partial charge in [-0.1, -0.05) is 19.8 Å². The lowest BCUT2D eigenvalue weighted by atomic mass is 9.86. The summed E-state index contributed by atoms with van der Waals surface area (Å²) in [6, 6.07) is 8.21. The Bertz CT molecular complexity index is 450. The van der Waals surface area contributed by atoms with E-state index in [0.29, 0.717) is 17.5 Å². The van der Waals surface area contributed by atoms with Crippen LogP contribution in [0.4, 0.5) is 5.69 Å². The first-order valence-electron chi connectivity index (χ1n) is 6.59. The van der Waals surface area contributed by atoms with Gasteiger partial charge in [-0.2, -0.15) is 5.26 Å². The Morgan fingerprint density at radius 2 is 2.11 bits per heavy atom. The van der Waals surface area contributed by atoms with Crippen molar-refractivity contribution in [3.63, 3.8) is 0 Å². The van der Waals surface area contributed by atoms with Crippen LogP contribution in [0, 0.1) is 17.2 Å². The number of hydrogen-bond donors (Lipinski definition) is 1. The van der Waals surface area contributed by atoms with E-state index in [2.05, 4.69) is 18.3 Å². The van der Waals surface area contributed by atoms with Crippen LogP contribution in [-0.2, 0) is 0 Å². The molecule has 0 bridgehead atoms. The smallest absolute Gasteiger partial charge is 0.143 e. The maximum absolute atomic E-state index is 8.89. The first kappa shape index (κ1) is 12.8. The number of benzene rings is 1. The summed E-state index contributed by atoms with van der Waals surface area (Å²) >= 11 is 0. The zero-order valence-corrected chi connectivity index (χ0v) is 11.1. The van der Waals surface area contributed by atoms with Crippen LogP contribution in [0.25, 0.3) is 0 Å². The Balaban J connectivity index is 2.15. The minimum atomic E-state index is 0.514. The number of rotatable bonds is 3. The molecule has 0 heterocycles. The summed E-state index contributed by atoms with van der Waals surface area (Å²) in [5.41, 5.74) is 1.63. The quantitative estimate of drug-likeness (QED) is 0.884. The predicted octanol–water partition coefficient (Wildman–Crippen LogP) is 3.56. The normalized spacial score (nSPS) is 23.2. The van der Waals surface area contributed by atoms with E-state index in [1.54, 1.807) is 13.2 Å². The van der Waals surface area contributed by atoms with Gasteiger partial charge in [0.1, 0.15) is 5.75 Å². The number of ether oxygens (including phenoxy) is 1. The lowest BCUT2D eigenvalue weighted by molar-refractivity contribution is 0.347. The molecule has 2 unspecified atom stereocenters. The van der Waals surface area contributed by atoms with E-state index in [-0.39, 0.29) is 0 Å². The largest absolute Gasteiger partial charge is 0.495 e. The van der Waals surface area contributed by atoms with Crippen molar-refractivity contribution in [1.82, 2.24) is 0 Å². The number of methoxy groups -OCH3 is 1. The van der Waals surface area contributed by atoms with Crippen molar-refractivity contribution in [3.8, 4) is 11.8 Å². The van der Waals surface area contributed by atoms with Crippen molar-refractivity contribution >= 4 is 5.69 Å². The van der Waals surface area contributed by atoms with Crippen LogP contribution in [0.1, 0.15) is 38.2 Å². The standard InChI is InChI=1S/C15H20N2O/c1-11-5-3-4-6-13(11)17-14-8-7-12(10-16)9-15(14)18-2/h7-9,11,13,17H,3-6H2,1-2H3. The molecule has 1 aliphatic carbocycles. The Morgan fingerprint density at radius 1 is 1.33 bits per heavy atom. The Morgan fingerprint density at radius 3 is 2.78 bits per heavy atom. The minimum absolute atomic E-state index is 0.514. The van der Waals surface area contributed by atoms with Crippen molar-refractivity contribution < 1.29 is 4.74 Å². The van der Waals surface area contributed by atoms with Crippen LogP contribution in [0.15, 0.2) is 18.2 Å². The van der Waals surface area contributed by atoms with Gasteiger partial charge in [0, 0.05) is 12.1 Å². The van der Waals surface area contributed by atoms with Crippen molar-refractivity contribution in [2.75, 3.05) is 12.4 Å². The second-order valence-corrected chi connectivity index (χ2v) is 5.04. The maximum Gasteiger partial charge on any atom is 0.143 e. The highest BCUT2D eigenvalue weighted by Crippen LogP contribution is 2.31. The molecule has 1 fully saturated rings. The van der Waals surface area contributed by atoms with Gasteiger partial charge in [-0.3, -0.25) is 0 Å². The molecule has 1 aromatic carbocycles. The highest BCUT2D eigenvalue weighted by atomic mass is 16.5. The molecule has 2 rings (SSSR count). The van der Waals surface area contributed by atoms with E-state index >= 15 is 0 Å². The van der Waals surface area contributed by atoms with Gasteiger partial charge in [-0.25, -0.2) is 0 Å². The van der Waals surface area contributed by atoms with Gasteiger partial charge in [0.25, 0.3) is 0 Å². The van der Waals surface area contributed by atoms with Crippen LogP contribution in [0.5, 0.6) is 5.75 Å². The van der Waals surface area contributed by atoms with Crippen LogP contribution in [0.2, 0.25) is 0 Å². The first-order chi connectivity index (χ1) is 8.74. The van der Waals surface area contributed by atoms with Gasteiger partial charge in [-0.05, 0) is 30.9 Å². The van der Waals surface area contributed by atoms with E-state index in [1.807, 2.05) is 12.1 Å². The van der Waals surface area contributed by atoms with Gasteiger partial charge >= 0.3 is 0 Å². The molecule has 1 aromatic rings. The Kier molecular flexibility index (Phi) is 4.09. The third kappa shape index (κ3) is 2.76. The Hall–Kier alpha value is -1.69. The highest BCUT2D eigenvalue weighted by molar-refractivity contribution is 5.60. The summed E-state index contributed by atoms with van der Waals surface area (Å²) < 4.78 is 5.35. The summed E-state index contributed by atoms with van der Waals surface area (Å²) in [6.07, 6.45) is 5.13. The molecule has 18 heavy (non-hydrogen) atoms. The van der Waals surface area contributed by atoms with Crippen LogP contribution in [0.3, 0.4) is 0 Å². The van der Waals surface area contributed by atoms with Crippen LogP contribution in [-0.4, -0.2) is 13.2 Å². The molecule has 0 saturated heterocycles. The molecule has 3 nitrogen and oxygen atoms in total. The summed E-state index contributed by atoms with van der Waals surface area (Å²) in [5, 5.41) is 12.5. The van der Waals surface area contributed by atoms with E-state index in [0.717, 1.165) is 11.4 Å². The molecule has 2 atom stereocenters. The molecule has 3 heteroatoms. The van der Waals surface area contributed by atoms with Crippen molar-refractivity contribution in [1.29, 1.82) is 5.26 Å².